The normalized spacial score (nSPS) is 10.8. The van der Waals surface area contributed by atoms with Crippen molar-refractivity contribution < 1.29 is 21.5 Å². The Hall–Kier alpha value is -1.09. The zero-order valence-electron chi connectivity index (χ0n) is 18.2. The fourth-order valence-electron chi connectivity index (χ4n) is 3.87. The Balaban J connectivity index is 0.00000392. The quantitative estimate of drug-likeness (QED) is 0.287. The van der Waals surface area contributed by atoms with Crippen molar-refractivity contribution in [2.75, 3.05) is 0 Å². The summed E-state index contributed by atoms with van der Waals surface area (Å²) in [6.07, 6.45) is 24.7. The van der Waals surface area contributed by atoms with Gasteiger partial charge >= 0.3 is 0 Å². The Bertz CT molecular complexity index is 621. The Morgan fingerprint density at radius 2 is 1.32 bits per heavy atom. The molecule has 0 radical (unpaired) electrons. The SMILES string of the molecule is CCCCCCCCCCCCCC[n+]1ccn(-c2ccccc2CC)c1.[Br-]. The van der Waals surface area contributed by atoms with Crippen molar-refractivity contribution in [3.63, 3.8) is 0 Å². The van der Waals surface area contributed by atoms with E-state index in [-0.39, 0.29) is 17.0 Å². The van der Waals surface area contributed by atoms with Crippen LogP contribution in [0.5, 0.6) is 0 Å². The van der Waals surface area contributed by atoms with Crippen LogP contribution in [0.2, 0.25) is 0 Å². The van der Waals surface area contributed by atoms with E-state index in [4.69, 9.17) is 0 Å². The van der Waals surface area contributed by atoms with Gasteiger partial charge in [-0.05, 0) is 30.9 Å². The van der Waals surface area contributed by atoms with Crippen molar-refractivity contribution in [1.29, 1.82) is 0 Å². The molecule has 1 aromatic carbocycles. The molecule has 2 rings (SSSR count). The van der Waals surface area contributed by atoms with Crippen LogP contribution in [0, 0.1) is 0 Å². The van der Waals surface area contributed by atoms with Gasteiger partial charge in [0.05, 0.1) is 6.54 Å². The predicted octanol–water partition coefficient (Wildman–Crippen LogP) is 4.03. The average Bonchev–Trinajstić information content (AvgIpc) is 3.17. The van der Waals surface area contributed by atoms with Crippen LogP contribution in [-0.4, -0.2) is 4.57 Å². The van der Waals surface area contributed by atoms with Crippen molar-refractivity contribution in [3.05, 3.63) is 48.5 Å². The van der Waals surface area contributed by atoms with E-state index in [1.54, 1.807) is 0 Å². The highest BCUT2D eigenvalue weighted by atomic mass is 79.9. The lowest BCUT2D eigenvalue weighted by Crippen LogP contribution is -3.00. The van der Waals surface area contributed by atoms with Gasteiger partial charge in [-0.25, -0.2) is 9.13 Å². The number of benzene rings is 1. The number of halogens is 1. The Morgan fingerprint density at radius 1 is 0.750 bits per heavy atom. The fraction of sp³-hybridized carbons (Fsp3) is 0.640. The van der Waals surface area contributed by atoms with Crippen molar-refractivity contribution in [1.82, 2.24) is 4.57 Å². The molecule has 1 heterocycles. The molecule has 158 valence electrons. The largest absolute Gasteiger partial charge is 1.00 e. The monoisotopic (exact) mass is 448 g/mol. The summed E-state index contributed by atoms with van der Waals surface area (Å²) in [5.41, 5.74) is 2.72. The standard InChI is InChI=1S/C25H41N2.BrH/c1-3-5-6-7-8-9-10-11-12-13-14-17-20-26-21-22-27(23-26)25-19-16-15-18-24(25)4-2;/h15-16,18-19,21-23H,3-14,17,20H2,1-2H3;1H/q+1;/p-1. The zero-order valence-corrected chi connectivity index (χ0v) is 19.8. The molecule has 1 aromatic heterocycles. The van der Waals surface area contributed by atoms with E-state index >= 15 is 0 Å². The first-order chi connectivity index (χ1) is 13.3. The van der Waals surface area contributed by atoms with Crippen molar-refractivity contribution in [2.24, 2.45) is 0 Å². The summed E-state index contributed by atoms with van der Waals surface area (Å²) in [5.74, 6) is 0. The first-order valence-corrected chi connectivity index (χ1v) is 11.5. The van der Waals surface area contributed by atoms with Gasteiger partial charge in [0.2, 0.25) is 6.33 Å². The smallest absolute Gasteiger partial charge is 0.248 e. The lowest BCUT2D eigenvalue weighted by atomic mass is 10.1. The minimum absolute atomic E-state index is 0. The molecule has 0 atom stereocenters. The maximum absolute atomic E-state index is 2.34. The number of hydrogen-bond acceptors (Lipinski definition) is 0. The van der Waals surface area contributed by atoms with Gasteiger partial charge in [-0.2, -0.15) is 0 Å². The first kappa shape index (κ1) is 24.9. The van der Waals surface area contributed by atoms with E-state index in [1.807, 2.05) is 0 Å². The Morgan fingerprint density at radius 3 is 1.93 bits per heavy atom. The molecule has 3 heteroatoms. The molecule has 0 unspecified atom stereocenters. The number of hydrogen-bond donors (Lipinski definition) is 0. The highest BCUT2D eigenvalue weighted by Crippen LogP contribution is 2.14. The second-order valence-corrected chi connectivity index (χ2v) is 7.93. The summed E-state index contributed by atoms with van der Waals surface area (Å²) in [7, 11) is 0. The minimum Gasteiger partial charge on any atom is -1.00 e. The maximum Gasteiger partial charge on any atom is 0.248 e. The Labute approximate surface area is 184 Å². The molecule has 28 heavy (non-hydrogen) atoms. The molecule has 0 spiro atoms. The molecule has 2 aromatic rings. The van der Waals surface area contributed by atoms with E-state index in [9.17, 15) is 0 Å². The summed E-state index contributed by atoms with van der Waals surface area (Å²) in [5, 5.41) is 0. The number of rotatable bonds is 15. The number of para-hydroxylation sites is 1. The van der Waals surface area contributed by atoms with E-state index in [0.717, 1.165) is 13.0 Å². The topological polar surface area (TPSA) is 8.81 Å². The van der Waals surface area contributed by atoms with Gasteiger partial charge in [0.15, 0.2) is 0 Å². The Kier molecular flexibility index (Phi) is 14.1. The lowest BCUT2D eigenvalue weighted by Gasteiger charge is -2.03. The molecule has 0 aliphatic rings. The second-order valence-electron chi connectivity index (χ2n) is 7.93. The highest BCUT2D eigenvalue weighted by Gasteiger charge is 2.09. The third kappa shape index (κ3) is 9.41. The molecule has 0 aliphatic carbocycles. The minimum atomic E-state index is 0. The van der Waals surface area contributed by atoms with E-state index < -0.39 is 0 Å². The third-order valence-electron chi connectivity index (χ3n) is 5.61. The van der Waals surface area contributed by atoms with Gasteiger partial charge in [0.25, 0.3) is 0 Å². The van der Waals surface area contributed by atoms with Gasteiger partial charge in [0, 0.05) is 0 Å². The van der Waals surface area contributed by atoms with Gasteiger partial charge in [-0.3, -0.25) is 0 Å². The molecule has 0 fully saturated rings. The summed E-state index contributed by atoms with van der Waals surface area (Å²) in [6.45, 7) is 5.65. The summed E-state index contributed by atoms with van der Waals surface area (Å²) in [4.78, 5) is 0. The first-order valence-electron chi connectivity index (χ1n) is 11.5. The highest BCUT2D eigenvalue weighted by molar-refractivity contribution is 5.40. The van der Waals surface area contributed by atoms with Crippen molar-refractivity contribution in [3.8, 4) is 5.69 Å². The van der Waals surface area contributed by atoms with Gasteiger partial charge in [0.1, 0.15) is 18.1 Å². The second kappa shape index (κ2) is 15.8. The van der Waals surface area contributed by atoms with Crippen LogP contribution < -0.4 is 21.5 Å². The van der Waals surface area contributed by atoms with Crippen LogP contribution >= 0.6 is 0 Å². The summed E-state index contributed by atoms with van der Waals surface area (Å²) < 4.78 is 4.60. The fourth-order valence-corrected chi connectivity index (χ4v) is 3.87. The molecular weight excluding hydrogens is 408 g/mol. The molecule has 0 aliphatic heterocycles. The van der Waals surface area contributed by atoms with Gasteiger partial charge < -0.3 is 17.0 Å². The molecule has 0 saturated heterocycles. The molecule has 0 amide bonds. The van der Waals surface area contributed by atoms with E-state index in [0.29, 0.717) is 0 Å². The van der Waals surface area contributed by atoms with Crippen LogP contribution in [0.3, 0.4) is 0 Å². The van der Waals surface area contributed by atoms with Crippen molar-refractivity contribution in [2.45, 2.75) is 104 Å². The molecular formula is C25H41BrN2. The number of nitrogens with zero attached hydrogens (tertiary/aromatic N) is 2. The summed E-state index contributed by atoms with van der Waals surface area (Å²) >= 11 is 0. The van der Waals surface area contributed by atoms with E-state index in [1.165, 1.54) is 88.3 Å². The van der Waals surface area contributed by atoms with Crippen LogP contribution in [0.25, 0.3) is 5.69 Å². The molecule has 2 nitrogen and oxygen atoms in total. The van der Waals surface area contributed by atoms with Gasteiger partial charge in [-0.15, -0.1) is 0 Å². The van der Waals surface area contributed by atoms with Crippen LogP contribution in [-0.2, 0) is 13.0 Å². The molecule has 0 bridgehead atoms. The number of aryl methyl sites for hydroxylation is 2. The maximum atomic E-state index is 2.34. The summed E-state index contributed by atoms with van der Waals surface area (Å²) in [6, 6.07) is 8.70. The van der Waals surface area contributed by atoms with Crippen LogP contribution in [0.1, 0.15) is 96.5 Å². The van der Waals surface area contributed by atoms with Crippen LogP contribution in [0.15, 0.2) is 43.0 Å². The molecule has 0 saturated carbocycles. The number of aromatic nitrogens is 2. The number of unbranched alkanes of at least 4 members (excludes halogenated alkanes) is 11. The van der Waals surface area contributed by atoms with Crippen molar-refractivity contribution >= 4 is 0 Å². The lowest BCUT2D eigenvalue weighted by molar-refractivity contribution is -0.696. The zero-order chi connectivity index (χ0) is 19.2. The average molecular weight is 450 g/mol. The van der Waals surface area contributed by atoms with Crippen LogP contribution in [0.4, 0.5) is 0 Å². The number of imidazole rings is 1. The van der Waals surface area contributed by atoms with Gasteiger partial charge in [-0.1, -0.05) is 96.3 Å². The van der Waals surface area contributed by atoms with E-state index in [2.05, 4.69) is 66.0 Å². The third-order valence-corrected chi connectivity index (χ3v) is 5.61. The predicted molar refractivity (Wildman–Crippen MR) is 116 cm³/mol. The molecule has 0 N–H and O–H groups in total.